The zero-order chi connectivity index (χ0) is 25.9. The van der Waals surface area contributed by atoms with Gasteiger partial charge in [0.05, 0.1) is 33.6 Å². The molecule has 3 aromatic rings. The number of hydrogen-bond donors (Lipinski definition) is 2. The molecule has 2 aromatic carbocycles. The highest BCUT2D eigenvalue weighted by molar-refractivity contribution is 7.22. The molecule has 1 saturated heterocycles. The Morgan fingerprint density at radius 3 is 2.51 bits per heavy atom. The summed E-state index contributed by atoms with van der Waals surface area (Å²) in [6.45, 7) is 9.66. The summed E-state index contributed by atoms with van der Waals surface area (Å²) in [6.07, 6.45) is -4.40. The molecule has 2 heterocycles. The Bertz CT molecular complexity index is 1190. The molecule has 0 aliphatic carbocycles. The molecule has 35 heavy (non-hydrogen) atoms. The number of nitrogens with zero attached hydrogens (tertiary/aromatic N) is 2. The number of fused-ring (bicyclic) bond motifs is 1. The standard InChI is InChI=1S/C22H21ClF3N3O3S.C2H6/c1-11-8-29(9-12(2)32-11)10-13-5-15(23)7-16(19(13)30)20(31)28-21-27-17-4-3-14(22(24,25)26)6-18(17)33-21;1-2/h3-7,11-12,30H,8-10H2,1-2H3,(H,27,28,31);1-2H3. The van der Waals surface area contributed by atoms with E-state index in [1.54, 1.807) is 6.07 Å². The number of carbonyl (C=O) groups is 1. The molecule has 1 aliphatic heterocycles. The molecule has 1 aromatic heterocycles. The fourth-order valence-corrected chi connectivity index (χ4v) is 5.06. The van der Waals surface area contributed by atoms with Crippen molar-refractivity contribution in [1.29, 1.82) is 0 Å². The number of aromatic hydroxyl groups is 1. The van der Waals surface area contributed by atoms with Crippen molar-refractivity contribution in [2.75, 3.05) is 18.4 Å². The molecule has 0 saturated carbocycles. The average Bonchev–Trinajstić information content (AvgIpc) is 3.17. The van der Waals surface area contributed by atoms with E-state index in [0.717, 1.165) is 23.5 Å². The van der Waals surface area contributed by atoms with Gasteiger partial charge >= 0.3 is 6.18 Å². The summed E-state index contributed by atoms with van der Waals surface area (Å²) in [5.74, 6) is -0.862. The number of aromatic nitrogens is 1. The fraction of sp³-hybridized carbons (Fsp3) is 0.417. The van der Waals surface area contributed by atoms with Crippen LogP contribution in [0.4, 0.5) is 18.3 Å². The van der Waals surface area contributed by atoms with Crippen LogP contribution in [0.3, 0.4) is 0 Å². The number of benzene rings is 2. The van der Waals surface area contributed by atoms with Crippen LogP contribution in [0, 0.1) is 0 Å². The Kier molecular flexibility index (Phi) is 8.63. The Hall–Kier alpha value is -2.40. The van der Waals surface area contributed by atoms with Gasteiger partial charge in [-0.3, -0.25) is 15.0 Å². The van der Waals surface area contributed by atoms with Gasteiger partial charge in [-0.1, -0.05) is 36.8 Å². The Labute approximate surface area is 210 Å². The second-order valence-electron chi connectivity index (χ2n) is 8.07. The summed E-state index contributed by atoms with van der Waals surface area (Å²) < 4.78 is 44.9. The monoisotopic (exact) mass is 529 g/mol. The van der Waals surface area contributed by atoms with Crippen LogP contribution in [0.1, 0.15) is 49.2 Å². The number of nitrogens with one attached hydrogen (secondary N) is 1. The highest BCUT2D eigenvalue weighted by Gasteiger charge is 2.31. The number of hydrogen-bond acceptors (Lipinski definition) is 6. The van der Waals surface area contributed by atoms with Gasteiger partial charge in [0.15, 0.2) is 5.13 Å². The maximum absolute atomic E-state index is 12.9. The van der Waals surface area contributed by atoms with Gasteiger partial charge < -0.3 is 9.84 Å². The molecule has 1 aliphatic rings. The molecular formula is C24H27ClF3N3O3S. The third-order valence-corrected chi connectivity index (χ3v) is 6.38. The number of carbonyl (C=O) groups excluding carboxylic acids is 1. The Balaban J connectivity index is 0.00000167. The van der Waals surface area contributed by atoms with Crippen LogP contribution in [-0.4, -0.2) is 46.2 Å². The molecule has 0 radical (unpaired) electrons. The highest BCUT2D eigenvalue weighted by atomic mass is 35.5. The molecule has 0 spiro atoms. The number of thiazole rings is 1. The molecule has 11 heteroatoms. The van der Waals surface area contributed by atoms with Gasteiger partial charge in [-0.2, -0.15) is 13.2 Å². The molecule has 190 valence electrons. The first-order valence-corrected chi connectivity index (χ1v) is 12.4. The number of alkyl halides is 3. The highest BCUT2D eigenvalue weighted by Crippen LogP contribution is 2.35. The summed E-state index contributed by atoms with van der Waals surface area (Å²) in [5, 5.41) is 13.7. The van der Waals surface area contributed by atoms with Crippen LogP contribution in [-0.2, 0) is 17.5 Å². The van der Waals surface area contributed by atoms with E-state index in [4.69, 9.17) is 16.3 Å². The fourth-order valence-electron chi connectivity index (χ4n) is 3.92. The molecule has 1 amide bonds. The summed E-state index contributed by atoms with van der Waals surface area (Å²) >= 11 is 7.13. The van der Waals surface area contributed by atoms with Crippen molar-refractivity contribution < 1.29 is 27.8 Å². The first-order chi connectivity index (χ1) is 16.5. The van der Waals surface area contributed by atoms with Crippen molar-refractivity contribution in [3.8, 4) is 5.75 Å². The molecule has 2 N–H and O–H groups in total. The van der Waals surface area contributed by atoms with E-state index in [1.807, 2.05) is 27.7 Å². The van der Waals surface area contributed by atoms with Gasteiger partial charge in [-0.15, -0.1) is 0 Å². The first kappa shape index (κ1) is 27.2. The van der Waals surface area contributed by atoms with Gasteiger partial charge in [-0.25, -0.2) is 4.98 Å². The second-order valence-corrected chi connectivity index (χ2v) is 9.53. The van der Waals surface area contributed by atoms with E-state index in [0.29, 0.717) is 30.7 Å². The van der Waals surface area contributed by atoms with Crippen LogP contribution in [0.15, 0.2) is 30.3 Å². The summed E-state index contributed by atoms with van der Waals surface area (Å²) in [4.78, 5) is 19.1. The largest absolute Gasteiger partial charge is 0.507 e. The van der Waals surface area contributed by atoms with Crippen LogP contribution in [0.25, 0.3) is 10.2 Å². The third-order valence-electron chi connectivity index (χ3n) is 5.22. The Morgan fingerprint density at radius 2 is 1.89 bits per heavy atom. The topological polar surface area (TPSA) is 74.7 Å². The number of phenolic OH excluding ortho intramolecular Hbond substituents is 1. The van der Waals surface area contributed by atoms with E-state index in [1.165, 1.54) is 12.1 Å². The van der Waals surface area contributed by atoms with Gasteiger partial charge in [0.2, 0.25) is 0 Å². The lowest BCUT2D eigenvalue weighted by Gasteiger charge is -2.35. The second kappa shape index (κ2) is 11.1. The van der Waals surface area contributed by atoms with Crippen molar-refractivity contribution in [3.63, 3.8) is 0 Å². The van der Waals surface area contributed by atoms with Crippen LogP contribution < -0.4 is 5.32 Å². The van der Waals surface area contributed by atoms with Crippen LogP contribution in [0.2, 0.25) is 5.02 Å². The third kappa shape index (κ3) is 6.63. The maximum atomic E-state index is 12.9. The molecule has 4 rings (SSSR count). The van der Waals surface area contributed by atoms with E-state index >= 15 is 0 Å². The zero-order valence-electron chi connectivity index (χ0n) is 19.7. The van der Waals surface area contributed by atoms with Gasteiger partial charge in [-0.05, 0) is 44.2 Å². The quantitative estimate of drug-likeness (QED) is 0.400. The van der Waals surface area contributed by atoms with Crippen LogP contribution in [0.5, 0.6) is 5.75 Å². The normalized spacial score (nSPS) is 18.7. The molecule has 6 nitrogen and oxygen atoms in total. The van der Waals surface area contributed by atoms with Gasteiger partial charge in [0.25, 0.3) is 5.91 Å². The minimum absolute atomic E-state index is 0.0368. The van der Waals surface area contributed by atoms with Crippen molar-refractivity contribution in [3.05, 3.63) is 52.0 Å². The minimum atomic E-state index is -4.47. The van der Waals surface area contributed by atoms with Crippen LogP contribution >= 0.6 is 22.9 Å². The van der Waals surface area contributed by atoms with Gasteiger partial charge in [0, 0.05) is 30.2 Å². The summed E-state index contributed by atoms with van der Waals surface area (Å²) in [5.41, 5.74) is -0.00886. The Morgan fingerprint density at radius 1 is 1.23 bits per heavy atom. The molecule has 1 fully saturated rings. The molecule has 2 atom stereocenters. The van der Waals surface area contributed by atoms with Crippen molar-refractivity contribution in [2.24, 2.45) is 0 Å². The zero-order valence-corrected chi connectivity index (χ0v) is 21.3. The first-order valence-electron chi connectivity index (χ1n) is 11.2. The molecular weight excluding hydrogens is 503 g/mol. The lowest BCUT2D eigenvalue weighted by atomic mass is 10.1. The van der Waals surface area contributed by atoms with Crippen molar-refractivity contribution in [2.45, 2.75) is 52.6 Å². The number of morpholine rings is 1. The van der Waals surface area contributed by atoms with E-state index in [2.05, 4.69) is 15.2 Å². The van der Waals surface area contributed by atoms with E-state index in [-0.39, 0.29) is 38.4 Å². The smallest absolute Gasteiger partial charge is 0.416 e. The lowest BCUT2D eigenvalue weighted by molar-refractivity contribution is -0.137. The molecule has 2 unspecified atom stereocenters. The maximum Gasteiger partial charge on any atom is 0.416 e. The number of rotatable bonds is 4. The predicted octanol–water partition coefficient (Wildman–Crippen LogP) is 6.56. The van der Waals surface area contributed by atoms with E-state index < -0.39 is 17.6 Å². The van der Waals surface area contributed by atoms with Crippen molar-refractivity contribution in [1.82, 2.24) is 9.88 Å². The number of anilines is 1. The summed E-state index contributed by atoms with van der Waals surface area (Å²) in [7, 11) is 0. The van der Waals surface area contributed by atoms with Gasteiger partial charge in [0.1, 0.15) is 5.75 Å². The number of halogens is 4. The lowest BCUT2D eigenvalue weighted by Crippen LogP contribution is -2.44. The number of amides is 1. The van der Waals surface area contributed by atoms with Crippen molar-refractivity contribution >= 4 is 44.2 Å². The summed E-state index contributed by atoms with van der Waals surface area (Å²) in [6, 6.07) is 6.13. The molecule has 0 bridgehead atoms. The van der Waals surface area contributed by atoms with E-state index in [9.17, 15) is 23.1 Å². The number of ether oxygens (including phenoxy) is 1. The number of phenols is 1. The minimum Gasteiger partial charge on any atom is -0.507 e. The predicted molar refractivity (Wildman–Crippen MR) is 132 cm³/mol. The SMILES string of the molecule is CC.CC1CN(Cc2cc(Cl)cc(C(=O)Nc3nc4ccc(C(F)(F)F)cc4s3)c2O)CC(C)O1. The average molecular weight is 530 g/mol.